The zero-order valence-electron chi connectivity index (χ0n) is 10.4. The molecule has 3 nitrogen and oxygen atoms in total. The van der Waals surface area contributed by atoms with Gasteiger partial charge in [0.1, 0.15) is 5.69 Å². The third-order valence-electron chi connectivity index (χ3n) is 2.95. The van der Waals surface area contributed by atoms with Gasteiger partial charge in [-0.3, -0.25) is 0 Å². The van der Waals surface area contributed by atoms with Crippen LogP contribution in [-0.4, -0.2) is 9.78 Å². The van der Waals surface area contributed by atoms with Crippen LogP contribution < -0.4 is 5.73 Å². The van der Waals surface area contributed by atoms with E-state index in [1.165, 1.54) is 0 Å². The Bertz CT molecular complexity index is 751. The number of benzene rings is 2. The van der Waals surface area contributed by atoms with Crippen molar-refractivity contribution in [3.63, 3.8) is 0 Å². The molecular formula is C15H11Cl2N3. The molecule has 0 atom stereocenters. The molecule has 5 heteroatoms. The maximum absolute atomic E-state index is 6.19. The van der Waals surface area contributed by atoms with Crippen molar-refractivity contribution in [3.05, 3.63) is 64.8 Å². The molecular weight excluding hydrogens is 293 g/mol. The Morgan fingerprint density at radius 2 is 1.75 bits per heavy atom. The Morgan fingerprint density at radius 1 is 1.00 bits per heavy atom. The van der Waals surface area contributed by atoms with E-state index in [2.05, 4.69) is 5.10 Å². The summed E-state index contributed by atoms with van der Waals surface area (Å²) in [6, 6.07) is 15.0. The molecule has 0 aliphatic heterocycles. The summed E-state index contributed by atoms with van der Waals surface area (Å²) in [4.78, 5) is 0. The number of hydrogen-bond acceptors (Lipinski definition) is 2. The minimum absolute atomic E-state index is 0.554. The number of hydrogen-bond donors (Lipinski definition) is 1. The number of anilines is 1. The van der Waals surface area contributed by atoms with Crippen molar-refractivity contribution in [1.29, 1.82) is 0 Å². The van der Waals surface area contributed by atoms with Crippen molar-refractivity contribution in [2.45, 2.75) is 0 Å². The molecule has 0 bridgehead atoms. The third-order valence-corrected chi connectivity index (χ3v) is 3.51. The van der Waals surface area contributed by atoms with Crippen LogP contribution in [0.2, 0.25) is 10.0 Å². The largest absolute Gasteiger partial charge is 0.396 e. The summed E-state index contributed by atoms with van der Waals surface area (Å²) in [5.74, 6) is 0. The van der Waals surface area contributed by atoms with E-state index in [1.54, 1.807) is 29.1 Å². The SMILES string of the molecule is Nc1cn(-c2ccccc2)nc1-c1cc(Cl)ccc1Cl. The van der Waals surface area contributed by atoms with Gasteiger partial charge in [-0.2, -0.15) is 5.10 Å². The number of rotatable bonds is 2. The van der Waals surface area contributed by atoms with E-state index < -0.39 is 0 Å². The number of nitrogen functional groups attached to an aromatic ring is 1. The first-order valence-corrected chi connectivity index (χ1v) is 6.77. The molecule has 0 saturated carbocycles. The summed E-state index contributed by atoms with van der Waals surface area (Å²) in [6.07, 6.45) is 1.77. The molecule has 0 spiro atoms. The highest BCUT2D eigenvalue weighted by atomic mass is 35.5. The highest BCUT2D eigenvalue weighted by molar-refractivity contribution is 6.35. The Kier molecular flexibility index (Phi) is 3.38. The van der Waals surface area contributed by atoms with E-state index in [0.717, 1.165) is 11.3 Å². The van der Waals surface area contributed by atoms with Crippen molar-refractivity contribution in [1.82, 2.24) is 9.78 Å². The van der Waals surface area contributed by atoms with Gasteiger partial charge in [0.05, 0.1) is 22.6 Å². The number of nitrogens with zero attached hydrogens (tertiary/aromatic N) is 2. The van der Waals surface area contributed by atoms with E-state index in [9.17, 15) is 0 Å². The maximum atomic E-state index is 6.19. The average molecular weight is 304 g/mol. The molecule has 2 N–H and O–H groups in total. The topological polar surface area (TPSA) is 43.8 Å². The molecule has 1 aromatic heterocycles. The van der Waals surface area contributed by atoms with Crippen LogP contribution in [-0.2, 0) is 0 Å². The summed E-state index contributed by atoms with van der Waals surface area (Å²) in [5, 5.41) is 5.67. The van der Waals surface area contributed by atoms with Gasteiger partial charge in [-0.25, -0.2) is 4.68 Å². The molecule has 0 aliphatic carbocycles. The first kappa shape index (κ1) is 13.0. The molecule has 100 valence electrons. The van der Waals surface area contributed by atoms with Crippen LogP contribution in [0.3, 0.4) is 0 Å². The van der Waals surface area contributed by atoms with Crippen molar-refractivity contribution in [2.24, 2.45) is 0 Å². The molecule has 0 amide bonds. The number of para-hydroxylation sites is 1. The summed E-state index contributed by atoms with van der Waals surface area (Å²) >= 11 is 12.2. The van der Waals surface area contributed by atoms with Crippen molar-refractivity contribution >= 4 is 28.9 Å². The second-order valence-electron chi connectivity index (χ2n) is 4.34. The average Bonchev–Trinajstić information content (AvgIpc) is 2.84. The van der Waals surface area contributed by atoms with Crippen LogP contribution in [0.5, 0.6) is 0 Å². The van der Waals surface area contributed by atoms with Gasteiger partial charge in [-0.05, 0) is 30.3 Å². The summed E-state index contributed by atoms with van der Waals surface area (Å²) in [6.45, 7) is 0. The van der Waals surface area contributed by atoms with Gasteiger partial charge >= 0.3 is 0 Å². The first-order valence-electron chi connectivity index (χ1n) is 6.01. The second kappa shape index (κ2) is 5.19. The molecule has 0 saturated heterocycles. The van der Waals surface area contributed by atoms with Crippen LogP contribution in [0.15, 0.2) is 54.7 Å². The molecule has 0 fully saturated rings. The van der Waals surface area contributed by atoms with E-state index in [1.807, 2.05) is 30.3 Å². The van der Waals surface area contributed by atoms with Gasteiger partial charge in [0.25, 0.3) is 0 Å². The molecule has 2 aromatic carbocycles. The van der Waals surface area contributed by atoms with Crippen LogP contribution in [0.1, 0.15) is 0 Å². The zero-order chi connectivity index (χ0) is 14.1. The Morgan fingerprint density at radius 3 is 2.50 bits per heavy atom. The molecule has 3 rings (SSSR count). The minimum Gasteiger partial charge on any atom is -0.396 e. The standard InChI is InChI=1S/C15H11Cl2N3/c16-10-6-7-13(17)12(8-10)15-14(18)9-20(19-15)11-4-2-1-3-5-11/h1-9H,18H2. The van der Waals surface area contributed by atoms with Crippen LogP contribution >= 0.6 is 23.2 Å². The van der Waals surface area contributed by atoms with Crippen molar-refractivity contribution < 1.29 is 0 Å². The zero-order valence-corrected chi connectivity index (χ0v) is 11.9. The Balaban J connectivity index is 2.12. The summed E-state index contributed by atoms with van der Waals surface area (Å²) in [5.41, 5.74) is 8.89. The smallest absolute Gasteiger partial charge is 0.117 e. The van der Waals surface area contributed by atoms with E-state index >= 15 is 0 Å². The third kappa shape index (κ3) is 2.38. The molecule has 20 heavy (non-hydrogen) atoms. The van der Waals surface area contributed by atoms with Gasteiger partial charge in [-0.15, -0.1) is 0 Å². The van der Waals surface area contributed by atoms with Crippen molar-refractivity contribution in [2.75, 3.05) is 5.73 Å². The van der Waals surface area contributed by atoms with E-state index in [4.69, 9.17) is 28.9 Å². The number of nitrogens with two attached hydrogens (primary N) is 1. The van der Waals surface area contributed by atoms with Crippen LogP contribution in [0, 0.1) is 0 Å². The van der Waals surface area contributed by atoms with Gasteiger partial charge < -0.3 is 5.73 Å². The van der Waals surface area contributed by atoms with Crippen LogP contribution in [0.25, 0.3) is 16.9 Å². The minimum atomic E-state index is 0.554. The predicted molar refractivity (Wildman–Crippen MR) is 83.4 cm³/mol. The maximum Gasteiger partial charge on any atom is 0.117 e. The second-order valence-corrected chi connectivity index (χ2v) is 5.18. The lowest BCUT2D eigenvalue weighted by Gasteiger charge is -2.03. The molecule has 0 radical (unpaired) electrons. The van der Waals surface area contributed by atoms with Gasteiger partial charge in [0.2, 0.25) is 0 Å². The van der Waals surface area contributed by atoms with Gasteiger partial charge in [0, 0.05) is 10.6 Å². The lowest BCUT2D eigenvalue weighted by molar-refractivity contribution is 0.884. The van der Waals surface area contributed by atoms with Gasteiger partial charge in [-0.1, -0.05) is 41.4 Å². The molecule has 0 aliphatic rings. The number of aromatic nitrogens is 2. The fourth-order valence-corrected chi connectivity index (χ4v) is 2.37. The first-order chi connectivity index (χ1) is 9.65. The summed E-state index contributed by atoms with van der Waals surface area (Å²) < 4.78 is 1.72. The Hall–Kier alpha value is -1.97. The highest BCUT2D eigenvalue weighted by Gasteiger charge is 2.13. The number of halogens is 2. The fraction of sp³-hybridized carbons (Fsp3) is 0. The lowest BCUT2D eigenvalue weighted by atomic mass is 10.1. The van der Waals surface area contributed by atoms with Crippen molar-refractivity contribution in [3.8, 4) is 16.9 Å². The van der Waals surface area contributed by atoms with E-state index in [-0.39, 0.29) is 0 Å². The van der Waals surface area contributed by atoms with Crippen LogP contribution in [0.4, 0.5) is 5.69 Å². The molecule has 3 aromatic rings. The molecule has 1 heterocycles. The fourth-order valence-electron chi connectivity index (χ4n) is 1.99. The monoisotopic (exact) mass is 303 g/mol. The highest BCUT2D eigenvalue weighted by Crippen LogP contribution is 2.33. The molecule has 0 unspecified atom stereocenters. The predicted octanol–water partition coefficient (Wildman–Crippen LogP) is 4.43. The van der Waals surface area contributed by atoms with E-state index in [0.29, 0.717) is 21.4 Å². The normalized spacial score (nSPS) is 10.7. The lowest BCUT2D eigenvalue weighted by Crippen LogP contribution is -1.94. The Labute approximate surface area is 126 Å². The summed E-state index contributed by atoms with van der Waals surface area (Å²) in [7, 11) is 0. The van der Waals surface area contributed by atoms with Gasteiger partial charge in [0.15, 0.2) is 0 Å². The quantitative estimate of drug-likeness (QED) is 0.761.